The summed E-state index contributed by atoms with van der Waals surface area (Å²) in [5.74, 6) is 0. The third-order valence-corrected chi connectivity index (χ3v) is 31.0. The van der Waals surface area contributed by atoms with Crippen molar-refractivity contribution >= 4 is 195 Å². The van der Waals surface area contributed by atoms with Crippen molar-refractivity contribution in [3.63, 3.8) is 0 Å². The first-order valence-corrected chi connectivity index (χ1v) is 50.2. The van der Waals surface area contributed by atoms with E-state index in [1.807, 2.05) is 11.3 Å². The maximum absolute atomic E-state index is 2.46. The van der Waals surface area contributed by atoms with Crippen LogP contribution in [0.5, 0.6) is 0 Å². The van der Waals surface area contributed by atoms with E-state index in [0.29, 0.717) is 0 Å². The molecule has 144 heavy (non-hydrogen) atoms. The minimum atomic E-state index is 1.15. The lowest BCUT2D eigenvalue weighted by atomic mass is 10.0. The van der Waals surface area contributed by atoms with Gasteiger partial charge < -0.3 is 32.0 Å². The van der Waals surface area contributed by atoms with Crippen molar-refractivity contribution in [2.45, 2.75) is 0 Å². The van der Waals surface area contributed by atoms with E-state index in [1.54, 1.807) is 0 Å². The standard InChI is InChI=1S/C48H31N3.C48H30N2S.C40H26N2/c1-3-13-34(14-4-1)49-44-21-11-8-18-38(44)41-29-32(23-27-46(41)49)33-24-28-47-42(30-33)39-19-9-12-22-45(39)51(47)36-25-26-40-37-17-7-10-20-43(37)50(48(40)31-36)35-15-5-2-6-16-35;1-3-13-31(14-4-1)39-29-35(30-42-38-19-9-12-22-47(38)51-48(39)42)50-44-21-11-8-18-37(44)41-28-33(24-26-46(41)50)32-23-25-45-40(27-32)36-17-7-10-20-43(36)49(45)34-15-5-2-6-16-34;1-2-12-31(13-3-1)41-37-16-8-6-14-33(37)35-25-29(19-22-39(35)41)30-20-23-40-36(26-30)34-15-7-9-17-38(34)42(40)32-21-18-27-10-4-5-11-28(27)24-32/h1-31H;1-30H;1-26H. The van der Waals surface area contributed by atoms with E-state index in [0.717, 1.165) is 11.4 Å². The molecule has 0 amide bonds. The van der Waals surface area contributed by atoms with Crippen molar-refractivity contribution in [3.05, 3.63) is 528 Å². The van der Waals surface area contributed by atoms with Crippen LogP contribution in [-0.4, -0.2) is 32.0 Å². The molecular weight excluding hydrogens is 1760 g/mol. The van der Waals surface area contributed by atoms with Crippen molar-refractivity contribution in [1.29, 1.82) is 0 Å². The molecule has 31 aromatic rings. The highest BCUT2D eigenvalue weighted by Gasteiger charge is 2.25. The molecule has 0 radical (unpaired) electrons. The molecule has 31 rings (SSSR count). The highest BCUT2D eigenvalue weighted by molar-refractivity contribution is 7.26. The van der Waals surface area contributed by atoms with E-state index >= 15 is 0 Å². The molecule has 672 valence electrons. The Morgan fingerprint density at radius 2 is 0.368 bits per heavy atom. The summed E-state index contributed by atoms with van der Waals surface area (Å²) in [4.78, 5) is 0. The molecule has 0 bridgehead atoms. The van der Waals surface area contributed by atoms with Crippen LogP contribution < -0.4 is 0 Å². The first-order valence-electron chi connectivity index (χ1n) is 49.4. The van der Waals surface area contributed by atoms with Crippen molar-refractivity contribution in [2.24, 2.45) is 0 Å². The van der Waals surface area contributed by atoms with Gasteiger partial charge in [0, 0.05) is 141 Å². The van der Waals surface area contributed by atoms with Gasteiger partial charge in [-0.15, -0.1) is 11.3 Å². The summed E-state index contributed by atoms with van der Waals surface area (Å²) in [6.45, 7) is 0. The Kier molecular flexibility index (Phi) is 19.1. The predicted molar refractivity (Wildman–Crippen MR) is 612 cm³/mol. The second-order valence-electron chi connectivity index (χ2n) is 37.8. The molecule has 0 aliphatic carbocycles. The van der Waals surface area contributed by atoms with Crippen LogP contribution >= 0.6 is 11.3 Å². The van der Waals surface area contributed by atoms with E-state index in [-0.39, 0.29) is 0 Å². The largest absolute Gasteiger partial charge is 0.309 e. The first kappa shape index (κ1) is 82.2. The maximum atomic E-state index is 2.46. The second kappa shape index (κ2) is 33.5. The number of aromatic nitrogens is 7. The molecule has 0 N–H and O–H groups in total. The number of fused-ring (bicyclic) bond motifs is 25. The predicted octanol–water partition coefficient (Wildman–Crippen LogP) is 36.9. The molecule has 0 spiro atoms. The quantitative estimate of drug-likeness (QED) is 0.124. The zero-order valence-electron chi connectivity index (χ0n) is 78.3. The number of hydrogen-bond acceptors (Lipinski definition) is 1. The number of benzene rings is 23. The van der Waals surface area contributed by atoms with Gasteiger partial charge in [-0.05, 0) is 256 Å². The Morgan fingerprint density at radius 1 is 0.118 bits per heavy atom. The molecule has 0 aliphatic rings. The molecule has 7 nitrogen and oxygen atoms in total. The summed E-state index contributed by atoms with van der Waals surface area (Å²) >= 11 is 1.89. The summed E-state index contributed by atoms with van der Waals surface area (Å²) in [5, 5.41) is 22.8. The minimum Gasteiger partial charge on any atom is -0.309 e. The zero-order chi connectivity index (χ0) is 94.6. The van der Waals surface area contributed by atoms with Crippen molar-refractivity contribution in [3.8, 4) is 84.3 Å². The molecule has 8 heteroatoms. The fraction of sp³-hybridized carbons (Fsp3) is 0. The molecule has 8 heterocycles. The average molecular weight is 1850 g/mol. The average Bonchev–Trinajstić information content (AvgIpc) is 1.57. The van der Waals surface area contributed by atoms with Gasteiger partial charge in [-0.1, -0.05) is 322 Å². The molecular formula is C136H87N7S. The van der Waals surface area contributed by atoms with E-state index in [2.05, 4.69) is 560 Å². The van der Waals surface area contributed by atoms with Gasteiger partial charge in [0.05, 0.1) is 77.2 Å². The van der Waals surface area contributed by atoms with Crippen LogP contribution in [0, 0.1) is 0 Å². The summed E-state index contributed by atoms with van der Waals surface area (Å²) in [6, 6.07) is 192. The number of nitrogens with zero attached hydrogens (tertiary/aromatic N) is 7. The zero-order valence-corrected chi connectivity index (χ0v) is 79.1. The van der Waals surface area contributed by atoms with Crippen LogP contribution in [0.2, 0.25) is 0 Å². The monoisotopic (exact) mass is 1850 g/mol. The smallest absolute Gasteiger partial charge is 0.0561 e. The molecule has 0 fully saturated rings. The second-order valence-corrected chi connectivity index (χ2v) is 38.8. The number of rotatable bonds is 11. The summed E-state index contributed by atoms with van der Waals surface area (Å²) in [5.41, 5.74) is 35.0. The van der Waals surface area contributed by atoms with Gasteiger partial charge in [0.25, 0.3) is 0 Å². The van der Waals surface area contributed by atoms with Gasteiger partial charge in [-0.3, -0.25) is 0 Å². The van der Waals surface area contributed by atoms with E-state index in [1.165, 1.54) is 257 Å². The highest BCUT2D eigenvalue weighted by atomic mass is 32.1. The van der Waals surface area contributed by atoms with Gasteiger partial charge >= 0.3 is 0 Å². The summed E-state index contributed by atoms with van der Waals surface area (Å²) < 4.78 is 19.5. The van der Waals surface area contributed by atoms with Gasteiger partial charge in [0.2, 0.25) is 0 Å². The van der Waals surface area contributed by atoms with Crippen LogP contribution in [0.3, 0.4) is 0 Å². The Morgan fingerprint density at radius 3 is 0.722 bits per heavy atom. The van der Waals surface area contributed by atoms with Crippen LogP contribution in [0.4, 0.5) is 0 Å². The van der Waals surface area contributed by atoms with Crippen LogP contribution in [0.25, 0.3) is 268 Å². The number of thiophene rings is 1. The molecule has 0 aliphatic heterocycles. The third kappa shape index (κ3) is 13.3. The number of hydrogen-bond donors (Lipinski definition) is 0. The highest BCUT2D eigenvalue weighted by Crippen LogP contribution is 2.48. The Bertz CT molecular complexity index is 10600. The lowest BCUT2D eigenvalue weighted by Crippen LogP contribution is -1.96. The Balaban J connectivity index is 0.000000103. The molecule has 0 atom stereocenters. The van der Waals surface area contributed by atoms with Gasteiger partial charge in [0.15, 0.2) is 0 Å². The maximum Gasteiger partial charge on any atom is 0.0561 e. The fourth-order valence-corrected chi connectivity index (χ4v) is 24.6. The summed E-state index contributed by atoms with van der Waals surface area (Å²) in [6.07, 6.45) is 0. The molecule has 0 unspecified atom stereocenters. The van der Waals surface area contributed by atoms with Gasteiger partial charge in [0.1, 0.15) is 0 Å². The Hall–Kier alpha value is -18.9. The van der Waals surface area contributed by atoms with Crippen molar-refractivity contribution < 1.29 is 0 Å². The fourth-order valence-electron chi connectivity index (χ4n) is 23.4. The van der Waals surface area contributed by atoms with Gasteiger partial charge in [-0.25, -0.2) is 0 Å². The summed E-state index contributed by atoms with van der Waals surface area (Å²) in [7, 11) is 0. The van der Waals surface area contributed by atoms with E-state index in [4.69, 9.17) is 0 Å². The minimum absolute atomic E-state index is 1.15. The normalized spacial score (nSPS) is 11.9. The van der Waals surface area contributed by atoms with Crippen molar-refractivity contribution in [1.82, 2.24) is 32.0 Å². The van der Waals surface area contributed by atoms with Crippen LogP contribution in [0.1, 0.15) is 0 Å². The van der Waals surface area contributed by atoms with E-state index in [9.17, 15) is 0 Å². The van der Waals surface area contributed by atoms with E-state index < -0.39 is 0 Å². The topological polar surface area (TPSA) is 34.5 Å². The molecule has 8 aromatic heterocycles. The molecule has 0 saturated heterocycles. The SMILES string of the molecule is c1ccc(-c2cc(-n3c4ccccc4c4cc(-c5ccc6c(c5)c5ccccc5n6-c5ccccc5)ccc43)cc3c2sc2ccccc23)cc1.c1ccc(-n2c3ccccc3c3cc(-c4ccc5c(c4)c4ccccc4n5-c4ccc5c6ccccc6n(-c6ccccc6)c5c4)ccc32)cc1.c1ccc(-n2c3ccccc3c3cc(-c4ccc5c(c4)c4ccccc4n5-c4ccc5ccccc5c4)ccc32)cc1. The Labute approximate surface area is 832 Å². The third-order valence-electron chi connectivity index (χ3n) is 29.8. The van der Waals surface area contributed by atoms with Gasteiger partial charge in [-0.2, -0.15) is 0 Å². The molecule has 23 aromatic carbocycles. The molecule has 0 saturated carbocycles. The number of para-hydroxylation sites is 11. The van der Waals surface area contributed by atoms with Crippen molar-refractivity contribution in [2.75, 3.05) is 0 Å². The van der Waals surface area contributed by atoms with Crippen LogP contribution in [-0.2, 0) is 0 Å². The lowest BCUT2D eigenvalue weighted by molar-refractivity contribution is 1.15. The lowest BCUT2D eigenvalue weighted by Gasteiger charge is -2.13. The first-order chi connectivity index (χ1) is 71.4. The van der Waals surface area contributed by atoms with Crippen LogP contribution in [0.15, 0.2) is 528 Å².